The Morgan fingerprint density at radius 1 is 1.43 bits per heavy atom. The molecule has 0 bridgehead atoms. The third-order valence-electron chi connectivity index (χ3n) is 3.47. The van der Waals surface area contributed by atoms with Gasteiger partial charge in [-0.3, -0.25) is 9.69 Å². The standard InChI is InChI=1S/C15H16N2O3S/c18-15(19)12-10-21-7-6-17(12)9-14-16-8-13(20-14)11-4-2-1-3-5-11/h1-5,8,12H,6-7,9-10H2,(H,18,19). The molecule has 0 spiro atoms. The van der Waals surface area contributed by atoms with Crippen molar-refractivity contribution in [3.63, 3.8) is 0 Å². The van der Waals surface area contributed by atoms with Crippen LogP contribution in [0, 0.1) is 0 Å². The van der Waals surface area contributed by atoms with Crippen LogP contribution in [0.3, 0.4) is 0 Å². The fourth-order valence-corrected chi connectivity index (χ4v) is 3.45. The van der Waals surface area contributed by atoms with Crippen molar-refractivity contribution in [1.29, 1.82) is 0 Å². The molecule has 1 saturated heterocycles. The van der Waals surface area contributed by atoms with E-state index in [-0.39, 0.29) is 0 Å². The summed E-state index contributed by atoms with van der Waals surface area (Å²) in [5.41, 5.74) is 0.972. The fraction of sp³-hybridized carbons (Fsp3) is 0.333. The summed E-state index contributed by atoms with van der Waals surface area (Å²) < 4.78 is 5.75. The number of carbonyl (C=O) groups is 1. The summed E-state index contributed by atoms with van der Waals surface area (Å²) >= 11 is 1.67. The highest BCUT2D eigenvalue weighted by Gasteiger charge is 2.29. The van der Waals surface area contributed by atoms with Crippen molar-refractivity contribution >= 4 is 17.7 Å². The number of aliphatic carboxylic acids is 1. The van der Waals surface area contributed by atoms with Crippen LogP contribution < -0.4 is 0 Å². The monoisotopic (exact) mass is 304 g/mol. The van der Waals surface area contributed by atoms with Crippen LogP contribution in [0.25, 0.3) is 11.3 Å². The van der Waals surface area contributed by atoms with Crippen LogP contribution in [0.2, 0.25) is 0 Å². The Labute approximate surface area is 127 Å². The lowest BCUT2D eigenvalue weighted by molar-refractivity contribution is -0.142. The molecule has 6 heteroatoms. The smallest absolute Gasteiger partial charge is 0.321 e. The Morgan fingerprint density at radius 3 is 3.00 bits per heavy atom. The highest BCUT2D eigenvalue weighted by molar-refractivity contribution is 7.99. The van der Waals surface area contributed by atoms with Gasteiger partial charge >= 0.3 is 5.97 Å². The van der Waals surface area contributed by atoms with E-state index in [0.29, 0.717) is 23.9 Å². The van der Waals surface area contributed by atoms with Crippen molar-refractivity contribution in [3.05, 3.63) is 42.4 Å². The Kier molecular flexibility index (Phi) is 4.26. The van der Waals surface area contributed by atoms with Gasteiger partial charge in [-0.1, -0.05) is 30.3 Å². The second-order valence-electron chi connectivity index (χ2n) is 4.88. The highest BCUT2D eigenvalue weighted by Crippen LogP contribution is 2.23. The molecular weight excluding hydrogens is 288 g/mol. The van der Waals surface area contributed by atoms with Crippen molar-refractivity contribution in [2.24, 2.45) is 0 Å². The minimum absolute atomic E-state index is 0.435. The summed E-state index contributed by atoms with van der Waals surface area (Å²) in [6.45, 7) is 1.18. The van der Waals surface area contributed by atoms with Gasteiger partial charge in [0.2, 0.25) is 5.89 Å². The zero-order valence-corrected chi connectivity index (χ0v) is 12.3. The van der Waals surface area contributed by atoms with Gasteiger partial charge in [0, 0.05) is 23.6 Å². The molecule has 2 heterocycles. The molecule has 0 aliphatic carbocycles. The van der Waals surface area contributed by atoms with Crippen LogP contribution in [0.5, 0.6) is 0 Å². The van der Waals surface area contributed by atoms with Crippen molar-refractivity contribution in [3.8, 4) is 11.3 Å². The zero-order valence-electron chi connectivity index (χ0n) is 11.4. The Balaban J connectivity index is 1.73. The molecule has 1 aliphatic heterocycles. The predicted molar refractivity (Wildman–Crippen MR) is 81.1 cm³/mol. The molecule has 0 radical (unpaired) electrons. The number of hydrogen-bond acceptors (Lipinski definition) is 5. The van der Waals surface area contributed by atoms with Gasteiger partial charge in [0.15, 0.2) is 5.76 Å². The number of nitrogens with zero attached hydrogens (tertiary/aromatic N) is 2. The van der Waals surface area contributed by atoms with Gasteiger partial charge in [-0.15, -0.1) is 0 Å². The van der Waals surface area contributed by atoms with Gasteiger partial charge in [-0.2, -0.15) is 11.8 Å². The maximum atomic E-state index is 11.3. The number of aromatic nitrogens is 1. The van der Waals surface area contributed by atoms with Crippen molar-refractivity contribution < 1.29 is 14.3 Å². The van der Waals surface area contributed by atoms with E-state index in [2.05, 4.69) is 4.98 Å². The molecule has 0 saturated carbocycles. The summed E-state index contributed by atoms with van der Waals surface area (Å²) in [6.07, 6.45) is 1.69. The van der Waals surface area contributed by atoms with E-state index in [1.807, 2.05) is 35.2 Å². The fourth-order valence-electron chi connectivity index (χ4n) is 2.35. The number of benzene rings is 1. The number of carboxylic acids is 1. The van der Waals surface area contributed by atoms with Gasteiger partial charge in [-0.25, -0.2) is 4.98 Å². The first kappa shape index (κ1) is 14.2. The molecule has 110 valence electrons. The summed E-state index contributed by atoms with van der Waals surface area (Å²) in [6, 6.07) is 9.29. The van der Waals surface area contributed by atoms with E-state index < -0.39 is 12.0 Å². The maximum Gasteiger partial charge on any atom is 0.321 e. The molecule has 1 fully saturated rings. The quantitative estimate of drug-likeness (QED) is 0.935. The molecule has 1 aromatic heterocycles. The molecule has 1 unspecified atom stereocenters. The summed E-state index contributed by atoms with van der Waals surface area (Å²) in [4.78, 5) is 17.5. The van der Waals surface area contributed by atoms with Crippen LogP contribution in [0.15, 0.2) is 40.9 Å². The number of thioether (sulfide) groups is 1. The molecule has 1 aliphatic rings. The minimum atomic E-state index is -0.781. The average Bonchev–Trinajstić information content (AvgIpc) is 2.97. The Hall–Kier alpha value is -1.79. The minimum Gasteiger partial charge on any atom is -0.480 e. The van der Waals surface area contributed by atoms with Crippen LogP contribution >= 0.6 is 11.8 Å². The first-order valence-electron chi connectivity index (χ1n) is 6.79. The Bertz CT molecular complexity index is 614. The maximum absolute atomic E-state index is 11.3. The van der Waals surface area contributed by atoms with Gasteiger partial charge < -0.3 is 9.52 Å². The van der Waals surface area contributed by atoms with Gasteiger partial charge in [-0.05, 0) is 0 Å². The number of oxazole rings is 1. The van der Waals surface area contributed by atoms with E-state index in [4.69, 9.17) is 4.42 Å². The van der Waals surface area contributed by atoms with Crippen molar-refractivity contribution in [2.45, 2.75) is 12.6 Å². The van der Waals surface area contributed by atoms with E-state index in [0.717, 1.165) is 17.9 Å². The van der Waals surface area contributed by atoms with Crippen LogP contribution in [-0.2, 0) is 11.3 Å². The van der Waals surface area contributed by atoms with E-state index in [1.165, 1.54) is 0 Å². The molecular formula is C15H16N2O3S. The average molecular weight is 304 g/mol. The lowest BCUT2D eigenvalue weighted by atomic mass is 10.2. The van der Waals surface area contributed by atoms with Gasteiger partial charge in [0.25, 0.3) is 0 Å². The van der Waals surface area contributed by atoms with Crippen molar-refractivity contribution in [1.82, 2.24) is 9.88 Å². The molecule has 1 N–H and O–H groups in total. The lowest BCUT2D eigenvalue weighted by Gasteiger charge is -2.31. The number of carboxylic acid groups (broad SMARTS) is 1. The summed E-state index contributed by atoms with van der Waals surface area (Å²) in [7, 11) is 0. The molecule has 2 aromatic rings. The van der Waals surface area contributed by atoms with Crippen LogP contribution in [0.4, 0.5) is 0 Å². The Morgan fingerprint density at radius 2 is 2.24 bits per heavy atom. The first-order chi connectivity index (χ1) is 10.2. The second kappa shape index (κ2) is 6.32. The van der Waals surface area contributed by atoms with Crippen LogP contribution in [-0.4, -0.2) is 45.1 Å². The normalized spacial score (nSPS) is 19.5. The SMILES string of the molecule is O=C(O)C1CSCCN1Cc1ncc(-c2ccccc2)o1. The largest absolute Gasteiger partial charge is 0.480 e. The third kappa shape index (κ3) is 3.28. The molecule has 0 amide bonds. The third-order valence-corrected chi connectivity index (χ3v) is 4.50. The predicted octanol–water partition coefficient (Wildman–Crippen LogP) is 2.34. The van der Waals surface area contributed by atoms with Gasteiger partial charge in [0.1, 0.15) is 6.04 Å². The molecule has 5 nitrogen and oxygen atoms in total. The number of hydrogen-bond donors (Lipinski definition) is 1. The molecule has 21 heavy (non-hydrogen) atoms. The zero-order chi connectivity index (χ0) is 14.7. The lowest BCUT2D eigenvalue weighted by Crippen LogP contribution is -2.46. The van der Waals surface area contributed by atoms with Gasteiger partial charge in [0.05, 0.1) is 12.7 Å². The van der Waals surface area contributed by atoms with Crippen LogP contribution in [0.1, 0.15) is 5.89 Å². The summed E-state index contributed by atoms with van der Waals surface area (Å²) in [5.74, 6) is 2.05. The summed E-state index contributed by atoms with van der Waals surface area (Å²) in [5, 5.41) is 9.26. The van der Waals surface area contributed by atoms with E-state index in [1.54, 1.807) is 18.0 Å². The highest BCUT2D eigenvalue weighted by atomic mass is 32.2. The van der Waals surface area contributed by atoms with Crippen molar-refractivity contribution in [2.75, 3.05) is 18.1 Å². The van der Waals surface area contributed by atoms with E-state index in [9.17, 15) is 9.90 Å². The molecule has 1 atom stereocenters. The van der Waals surface area contributed by atoms with E-state index >= 15 is 0 Å². The first-order valence-corrected chi connectivity index (χ1v) is 7.94. The number of rotatable bonds is 4. The molecule has 3 rings (SSSR count). The second-order valence-corrected chi connectivity index (χ2v) is 6.03. The topological polar surface area (TPSA) is 66.6 Å². The molecule has 1 aromatic carbocycles.